The maximum atomic E-state index is 4.54. The molecule has 2 N–H and O–H groups in total. The summed E-state index contributed by atoms with van der Waals surface area (Å²) in [5, 5.41) is 11.1. The molecule has 90 valence electrons. The van der Waals surface area contributed by atoms with Crippen LogP contribution >= 0.6 is 0 Å². The highest BCUT2D eigenvalue weighted by atomic mass is 15.2. The first-order valence-corrected chi connectivity index (χ1v) is 5.86. The summed E-state index contributed by atoms with van der Waals surface area (Å²) in [6.07, 6.45) is 2.32. The van der Waals surface area contributed by atoms with E-state index in [1.54, 1.807) is 0 Å². The minimum Gasteiger partial charge on any atom is -0.370 e. The fourth-order valence-electron chi connectivity index (χ4n) is 1.82. The smallest absolute Gasteiger partial charge is 0.137 e. The van der Waals surface area contributed by atoms with Crippen molar-refractivity contribution >= 4 is 16.7 Å². The van der Waals surface area contributed by atoms with Crippen LogP contribution in [0, 0.1) is 0 Å². The van der Waals surface area contributed by atoms with Crippen molar-refractivity contribution in [1.29, 1.82) is 0 Å². The molecule has 0 aliphatic heterocycles. The molecule has 3 rings (SSSR count). The number of benzene rings is 1. The zero-order chi connectivity index (χ0) is 12.2. The quantitative estimate of drug-likeness (QED) is 0.731. The normalized spacial score (nSPS) is 10.7. The lowest BCUT2D eigenvalue weighted by Crippen LogP contribution is -2.07. The van der Waals surface area contributed by atoms with Gasteiger partial charge in [0.25, 0.3) is 0 Å². The molecular formula is C13H13N5. The van der Waals surface area contributed by atoms with Crippen LogP contribution in [0.5, 0.6) is 0 Å². The van der Waals surface area contributed by atoms with Gasteiger partial charge in [0.2, 0.25) is 0 Å². The van der Waals surface area contributed by atoms with E-state index in [0.717, 1.165) is 35.5 Å². The summed E-state index contributed by atoms with van der Waals surface area (Å²) in [5.74, 6) is 1.76. The lowest BCUT2D eigenvalue weighted by molar-refractivity contribution is 0.898. The molecule has 0 radical (unpaired) electrons. The number of fused-ring (bicyclic) bond motifs is 1. The zero-order valence-electron chi connectivity index (χ0n) is 9.80. The molecule has 2 heterocycles. The number of pyridine rings is 1. The summed E-state index contributed by atoms with van der Waals surface area (Å²) < 4.78 is 0. The molecule has 0 spiro atoms. The molecule has 5 nitrogen and oxygen atoms in total. The molecular weight excluding hydrogens is 226 g/mol. The first kappa shape index (κ1) is 10.7. The van der Waals surface area contributed by atoms with Crippen molar-refractivity contribution in [2.45, 2.75) is 6.42 Å². The summed E-state index contributed by atoms with van der Waals surface area (Å²) in [4.78, 5) is 8.61. The molecule has 0 aliphatic carbocycles. The van der Waals surface area contributed by atoms with E-state index in [1.807, 2.05) is 24.3 Å². The largest absolute Gasteiger partial charge is 0.370 e. The average Bonchev–Trinajstić information content (AvgIpc) is 2.92. The number of hydrogen-bond donors (Lipinski definition) is 2. The van der Waals surface area contributed by atoms with Gasteiger partial charge < -0.3 is 5.32 Å². The van der Waals surface area contributed by atoms with Gasteiger partial charge in [0.1, 0.15) is 18.0 Å². The van der Waals surface area contributed by atoms with Crippen LogP contribution in [-0.4, -0.2) is 26.7 Å². The summed E-state index contributed by atoms with van der Waals surface area (Å²) in [5.41, 5.74) is 1.00. The monoisotopic (exact) mass is 239 g/mol. The van der Waals surface area contributed by atoms with Crippen LogP contribution in [0.25, 0.3) is 10.9 Å². The van der Waals surface area contributed by atoms with Gasteiger partial charge in [0.15, 0.2) is 0 Å². The first-order valence-electron chi connectivity index (χ1n) is 5.86. The Bertz CT molecular complexity index is 633. The molecule has 3 aromatic rings. The number of nitrogens with zero attached hydrogens (tertiary/aromatic N) is 3. The lowest BCUT2D eigenvalue weighted by atomic mass is 10.2. The van der Waals surface area contributed by atoms with Crippen molar-refractivity contribution in [1.82, 2.24) is 20.2 Å². The number of hydrogen-bond acceptors (Lipinski definition) is 4. The van der Waals surface area contributed by atoms with Crippen molar-refractivity contribution in [2.75, 3.05) is 11.9 Å². The highest BCUT2D eigenvalue weighted by molar-refractivity contribution is 5.79. The number of nitrogens with one attached hydrogen (secondary N) is 2. The van der Waals surface area contributed by atoms with Crippen molar-refractivity contribution in [3.8, 4) is 0 Å². The van der Waals surface area contributed by atoms with E-state index in [9.17, 15) is 0 Å². The Morgan fingerprint density at radius 2 is 2.06 bits per heavy atom. The van der Waals surface area contributed by atoms with Crippen molar-refractivity contribution in [3.63, 3.8) is 0 Å². The molecule has 0 fully saturated rings. The third kappa shape index (κ3) is 2.29. The van der Waals surface area contributed by atoms with E-state index in [1.165, 1.54) is 6.33 Å². The molecule has 0 saturated carbocycles. The van der Waals surface area contributed by atoms with Crippen LogP contribution in [0.4, 0.5) is 5.82 Å². The van der Waals surface area contributed by atoms with Gasteiger partial charge in [-0.2, -0.15) is 5.10 Å². The van der Waals surface area contributed by atoms with Crippen LogP contribution in [0.1, 0.15) is 5.82 Å². The summed E-state index contributed by atoms with van der Waals surface area (Å²) in [6.45, 7) is 0.778. The first-order chi connectivity index (χ1) is 8.92. The molecule has 0 aliphatic rings. The number of anilines is 1. The highest BCUT2D eigenvalue weighted by Crippen LogP contribution is 2.14. The van der Waals surface area contributed by atoms with Crippen LogP contribution in [0.3, 0.4) is 0 Å². The van der Waals surface area contributed by atoms with E-state index < -0.39 is 0 Å². The minimum atomic E-state index is 0.778. The van der Waals surface area contributed by atoms with E-state index in [2.05, 4.69) is 37.6 Å². The number of para-hydroxylation sites is 1. The average molecular weight is 239 g/mol. The van der Waals surface area contributed by atoms with E-state index in [-0.39, 0.29) is 0 Å². The van der Waals surface area contributed by atoms with Gasteiger partial charge in [-0.1, -0.05) is 18.2 Å². The Morgan fingerprint density at radius 3 is 2.94 bits per heavy atom. The van der Waals surface area contributed by atoms with Gasteiger partial charge >= 0.3 is 0 Å². The predicted molar refractivity (Wildman–Crippen MR) is 70.3 cm³/mol. The van der Waals surface area contributed by atoms with E-state index in [0.29, 0.717) is 0 Å². The SMILES string of the molecule is c1ccc2nc(NCCc3ncn[nH]3)ccc2c1. The second kappa shape index (κ2) is 4.83. The van der Waals surface area contributed by atoms with Crippen LogP contribution < -0.4 is 5.32 Å². The van der Waals surface area contributed by atoms with Gasteiger partial charge in [0, 0.05) is 18.4 Å². The van der Waals surface area contributed by atoms with Crippen molar-refractivity contribution in [3.05, 3.63) is 48.5 Å². The van der Waals surface area contributed by atoms with Gasteiger partial charge in [-0.15, -0.1) is 0 Å². The fraction of sp³-hybridized carbons (Fsp3) is 0.154. The molecule has 0 amide bonds. The summed E-state index contributed by atoms with van der Waals surface area (Å²) in [6, 6.07) is 12.1. The second-order valence-electron chi connectivity index (χ2n) is 4.00. The maximum Gasteiger partial charge on any atom is 0.137 e. The third-order valence-electron chi connectivity index (χ3n) is 2.73. The Morgan fingerprint density at radius 1 is 1.11 bits per heavy atom. The number of aromatic nitrogens is 4. The van der Waals surface area contributed by atoms with Gasteiger partial charge in [0.05, 0.1) is 5.52 Å². The van der Waals surface area contributed by atoms with Crippen LogP contribution in [-0.2, 0) is 6.42 Å². The maximum absolute atomic E-state index is 4.54. The van der Waals surface area contributed by atoms with Gasteiger partial charge in [-0.25, -0.2) is 9.97 Å². The third-order valence-corrected chi connectivity index (χ3v) is 2.73. The Labute approximate surface area is 104 Å². The molecule has 18 heavy (non-hydrogen) atoms. The zero-order valence-corrected chi connectivity index (χ0v) is 9.80. The molecule has 1 aromatic carbocycles. The predicted octanol–water partition coefficient (Wildman–Crippen LogP) is 2.01. The highest BCUT2D eigenvalue weighted by Gasteiger charge is 1.98. The van der Waals surface area contributed by atoms with Crippen molar-refractivity contribution < 1.29 is 0 Å². The molecule has 2 aromatic heterocycles. The molecule has 0 unspecified atom stereocenters. The van der Waals surface area contributed by atoms with Gasteiger partial charge in [-0.3, -0.25) is 5.10 Å². The van der Waals surface area contributed by atoms with E-state index in [4.69, 9.17) is 0 Å². The molecule has 0 bridgehead atoms. The fourth-order valence-corrected chi connectivity index (χ4v) is 1.82. The molecule has 5 heteroatoms. The summed E-state index contributed by atoms with van der Waals surface area (Å²) >= 11 is 0. The summed E-state index contributed by atoms with van der Waals surface area (Å²) in [7, 11) is 0. The van der Waals surface area contributed by atoms with Crippen LogP contribution in [0.2, 0.25) is 0 Å². The number of H-pyrrole nitrogens is 1. The lowest BCUT2D eigenvalue weighted by Gasteiger charge is -2.05. The standard InChI is InChI=1S/C13H13N5/c1-2-4-11-10(3-1)5-6-12(17-11)14-8-7-13-15-9-16-18-13/h1-6,9H,7-8H2,(H,14,17)(H,15,16,18). The van der Waals surface area contributed by atoms with E-state index >= 15 is 0 Å². The molecule has 0 atom stereocenters. The Balaban J connectivity index is 1.67. The Kier molecular flexibility index (Phi) is 2.87. The Hall–Kier alpha value is -2.43. The number of aromatic amines is 1. The number of rotatable bonds is 4. The van der Waals surface area contributed by atoms with Crippen LogP contribution in [0.15, 0.2) is 42.7 Å². The minimum absolute atomic E-state index is 0.778. The van der Waals surface area contributed by atoms with Gasteiger partial charge in [-0.05, 0) is 18.2 Å². The molecule has 0 saturated heterocycles. The second-order valence-corrected chi connectivity index (χ2v) is 4.00. The van der Waals surface area contributed by atoms with Crippen molar-refractivity contribution in [2.24, 2.45) is 0 Å². The topological polar surface area (TPSA) is 66.5 Å².